The van der Waals surface area contributed by atoms with Gasteiger partial charge in [0.1, 0.15) is 22.6 Å². The highest BCUT2D eigenvalue weighted by Crippen LogP contribution is 2.33. The molecule has 0 aliphatic rings. The number of ether oxygens (including phenoxy) is 2. The number of rotatable bonds is 10. The van der Waals surface area contributed by atoms with Crippen molar-refractivity contribution in [3.05, 3.63) is 62.9 Å². The minimum atomic E-state index is -4.38. The maximum atomic E-state index is 12.5. The minimum absolute atomic E-state index is 0.125. The largest absolute Gasteiger partial charge is 0.492 e. The van der Waals surface area contributed by atoms with Crippen molar-refractivity contribution in [2.75, 3.05) is 19.8 Å². The number of hydrogen-bond acceptors (Lipinski definition) is 4. The molecule has 1 heterocycles. The van der Waals surface area contributed by atoms with Gasteiger partial charge in [-0.15, -0.1) is 0 Å². The summed E-state index contributed by atoms with van der Waals surface area (Å²) in [5.74, 6) is 1.14. The average Bonchev–Trinajstić information content (AvgIpc) is 2.65. The summed E-state index contributed by atoms with van der Waals surface area (Å²) < 4.78 is 48.9. The zero-order valence-corrected chi connectivity index (χ0v) is 18.3. The van der Waals surface area contributed by atoms with Crippen LogP contribution < -0.4 is 14.8 Å². The monoisotopic (exact) mass is 482 g/mol. The summed E-state index contributed by atoms with van der Waals surface area (Å²) in [5, 5.41) is 3.54. The summed E-state index contributed by atoms with van der Waals surface area (Å²) in [4.78, 5) is 3.81. The zero-order chi connectivity index (χ0) is 22.1. The maximum absolute atomic E-state index is 12.5. The molecule has 0 fully saturated rings. The molecule has 4 nitrogen and oxygen atoms in total. The summed E-state index contributed by atoms with van der Waals surface area (Å²) in [5.41, 5.74) is 0.590. The Bertz CT molecular complexity index is 832. The van der Waals surface area contributed by atoms with E-state index in [9.17, 15) is 13.2 Å². The van der Waals surface area contributed by atoms with Crippen molar-refractivity contribution in [2.24, 2.45) is 0 Å². The summed E-state index contributed by atoms with van der Waals surface area (Å²) >= 11 is 17.3. The molecule has 0 spiro atoms. The Kier molecular flexibility index (Phi) is 9.55. The Labute approximate surface area is 187 Å². The smallest absolute Gasteiger partial charge is 0.417 e. The van der Waals surface area contributed by atoms with Crippen molar-refractivity contribution in [2.45, 2.75) is 26.1 Å². The van der Waals surface area contributed by atoms with Gasteiger partial charge in [0.2, 0.25) is 0 Å². The molecule has 0 saturated heterocycles. The molecule has 0 saturated carbocycles. The third-order valence-corrected chi connectivity index (χ3v) is 4.48. The molecule has 2 rings (SSSR count). The molecule has 1 aromatic heterocycles. The van der Waals surface area contributed by atoms with E-state index >= 15 is 0 Å². The number of nitrogens with zero attached hydrogens (tertiary/aromatic N) is 1. The fourth-order valence-electron chi connectivity index (χ4n) is 2.45. The van der Waals surface area contributed by atoms with Gasteiger partial charge >= 0.3 is 6.18 Å². The van der Waals surface area contributed by atoms with Gasteiger partial charge in [0.25, 0.3) is 0 Å². The van der Waals surface area contributed by atoms with E-state index in [2.05, 4.69) is 10.3 Å². The average molecular weight is 484 g/mol. The Morgan fingerprint density at radius 1 is 1.20 bits per heavy atom. The lowest BCUT2D eigenvalue weighted by Gasteiger charge is -2.13. The third kappa shape index (κ3) is 8.22. The van der Waals surface area contributed by atoms with Crippen LogP contribution >= 0.6 is 34.8 Å². The van der Waals surface area contributed by atoms with Crippen molar-refractivity contribution in [1.82, 2.24) is 10.3 Å². The SMILES string of the molecule is Cc1cc(OCC=C(Cl)Cl)cc(Cl)c1OCCCNCc1ccc(C(F)(F)F)cn1. The van der Waals surface area contributed by atoms with E-state index in [0.29, 0.717) is 48.3 Å². The molecule has 1 N–H and O–H groups in total. The predicted octanol–water partition coefficient (Wildman–Crippen LogP) is 6.32. The van der Waals surface area contributed by atoms with Crippen molar-refractivity contribution < 1.29 is 22.6 Å². The first kappa shape index (κ1) is 24.6. The maximum Gasteiger partial charge on any atom is 0.417 e. The van der Waals surface area contributed by atoms with E-state index in [1.54, 1.807) is 12.1 Å². The molecule has 0 unspecified atom stereocenters. The lowest BCUT2D eigenvalue weighted by molar-refractivity contribution is -0.137. The van der Waals surface area contributed by atoms with Gasteiger partial charge in [-0.25, -0.2) is 0 Å². The van der Waals surface area contributed by atoms with Crippen LogP contribution in [0.25, 0.3) is 0 Å². The van der Waals surface area contributed by atoms with Crippen LogP contribution in [0.3, 0.4) is 0 Å². The highest BCUT2D eigenvalue weighted by Gasteiger charge is 2.30. The van der Waals surface area contributed by atoms with Crippen molar-refractivity contribution in [1.29, 1.82) is 0 Å². The topological polar surface area (TPSA) is 43.4 Å². The van der Waals surface area contributed by atoms with Gasteiger partial charge in [-0.1, -0.05) is 34.8 Å². The number of aromatic nitrogens is 1. The number of halogens is 6. The van der Waals surface area contributed by atoms with Crippen LogP contribution in [0.5, 0.6) is 11.5 Å². The Balaban J connectivity index is 1.73. The Hall–Kier alpha value is -1.67. The predicted molar refractivity (Wildman–Crippen MR) is 113 cm³/mol. The van der Waals surface area contributed by atoms with Crippen LogP contribution in [0.2, 0.25) is 5.02 Å². The van der Waals surface area contributed by atoms with Crippen LogP contribution in [0.15, 0.2) is 41.0 Å². The molecular weight excluding hydrogens is 464 g/mol. The van der Waals surface area contributed by atoms with Gasteiger partial charge in [-0.3, -0.25) is 4.98 Å². The van der Waals surface area contributed by atoms with Gasteiger partial charge in [-0.05, 0) is 49.7 Å². The first-order chi connectivity index (χ1) is 14.2. The van der Waals surface area contributed by atoms with Crippen LogP contribution in [-0.4, -0.2) is 24.7 Å². The molecule has 0 aliphatic carbocycles. The summed E-state index contributed by atoms with van der Waals surface area (Å²) in [6.45, 7) is 3.46. The number of benzene rings is 1. The van der Waals surface area contributed by atoms with E-state index in [1.165, 1.54) is 12.1 Å². The zero-order valence-electron chi connectivity index (χ0n) is 16.0. The summed E-state index contributed by atoms with van der Waals surface area (Å²) in [6.07, 6.45) is -1.36. The normalized spacial score (nSPS) is 11.3. The lowest BCUT2D eigenvalue weighted by Crippen LogP contribution is -2.18. The molecule has 164 valence electrons. The van der Waals surface area contributed by atoms with Gasteiger partial charge in [0.05, 0.1) is 22.9 Å². The quantitative estimate of drug-likeness (QED) is 0.402. The van der Waals surface area contributed by atoms with Gasteiger partial charge in [0, 0.05) is 18.8 Å². The number of hydrogen-bond donors (Lipinski definition) is 1. The molecule has 0 radical (unpaired) electrons. The fraction of sp³-hybridized carbons (Fsp3) is 0.350. The van der Waals surface area contributed by atoms with E-state index in [0.717, 1.165) is 17.8 Å². The second kappa shape index (κ2) is 11.6. The first-order valence-corrected chi connectivity index (χ1v) is 10.1. The Morgan fingerprint density at radius 3 is 2.57 bits per heavy atom. The molecule has 0 atom stereocenters. The standard InChI is InChI=1S/C20H20Cl3F3N2O2/c1-13-9-16(29-8-5-18(22)23)10-17(21)19(13)30-7-2-6-27-12-15-4-3-14(11-28-15)20(24,25)26/h3-5,9-11,27H,2,6-8,12H2,1H3. The van der Waals surface area contributed by atoms with E-state index in [1.807, 2.05) is 6.92 Å². The molecule has 0 amide bonds. The van der Waals surface area contributed by atoms with Gasteiger partial charge in [-0.2, -0.15) is 13.2 Å². The Morgan fingerprint density at radius 2 is 1.97 bits per heavy atom. The molecule has 30 heavy (non-hydrogen) atoms. The van der Waals surface area contributed by atoms with Crippen molar-refractivity contribution in [3.63, 3.8) is 0 Å². The fourth-order valence-corrected chi connectivity index (χ4v) is 2.89. The highest BCUT2D eigenvalue weighted by molar-refractivity contribution is 6.55. The van der Waals surface area contributed by atoms with Crippen LogP contribution in [0.1, 0.15) is 23.2 Å². The van der Waals surface area contributed by atoms with Crippen LogP contribution in [0, 0.1) is 6.92 Å². The minimum Gasteiger partial charge on any atom is -0.492 e. The molecule has 0 aliphatic heterocycles. The van der Waals surface area contributed by atoms with E-state index in [-0.39, 0.29) is 11.1 Å². The number of nitrogens with one attached hydrogen (secondary N) is 1. The highest BCUT2D eigenvalue weighted by atomic mass is 35.5. The van der Waals surface area contributed by atoms with Crippen LogP contribution in [0.4, 0.5) is 13.2 Å². The number of pyridine rings is 1. The molecule has 2 aromatic rings. The molecule has 10 heteroatoms. The second-order valence-electron chi connectivity index (χ2n) is 6.27. The number of alkyl halides is 3. The van der Waals surface area contributed by atoms with E-state index < -0.39 is 11.7 Å². The van der Waals surface area contributed by atoms with Gasteiger partial charge < -0.3 is 14.8 Å². The second-order valence-corrected chi connectivity index (χ2v) is 7.69. The van der Waals surface area contributed by atoms with Crippen molar-refractivity contribution >= 4 is 34.8 Å². The van der Waals surface area contributed by atoms with E-state index in [4.69, 9.17) is 44.3 Å². The molecular formula is C20H20Cl3F3N2O2. The molecule has 0 bridgehead atoms. The summed E-state index contributed by atoms with van der Waals surface area (Å²) in [7, 11) is 0. The third-order valence-electron chi connectivity index (χ3n) is 3.89. The summed E-state index contributed by atoms with van der Waals surface area (Å²) in [6, 6.07) is 5.82. The van der Waals surface area contributed by atoms with Crippen LogP contribution in [-0.2, 0) is 12.7 Å². The van der Waals surface area contributed by atoms with Gasteiger partial charge in [0.15, 0.2) is 0 Å². The first-order valence-electron chi connectivity index (χ1n) is 8.96. The lowest BCUT2D eigenvalue weighted by atomic mass is 10.2. The van der Waals surface area contributed by atoms with Crippen molar-refractivity contribution in [3.8, 4) is 11.5 Å². The number of aryl methyl sites for hydroxylation is 1. The molecule has 1 aromatic carbocycles.